The second-order valence-electron chi connectivity index (χ2n) is 4.72. The lowest BCUT2D eigenvalue weighted by atomic mass is 10.0. The molecule has 0 atom stereocenters. The van der Waals surface area contributed by atoms with Gasteiger partial charge in [0.05, 0.1) is 19.7 Å². The van der Waals surface area contributed by atoms with Gasteiger partial charge in [-0.25, -0.2) is 9.78 Å². The average Bonchev–Trinajstić information content (AvgIpc) is 3.29. The predicted octanol–water partition coefficient (Wildman–Crippen LogP) is 2.91. The molecular weight excluding hydrogens is 242 g/mol. The van der Waals surface area contributed by atoms with Crippen LogP contribution in [-0.4, -0.2) is 25.2 Å². The maximum absolute atomic E-state index is 11.7. The zero-order valence-electron chi connectivity index (χ0n) is 11.0. The first-order chi connectivity index (χ1) is 9.24. The summed E-state index contributed by atoms with van der Waals surface area (Å²) < 4.78 is 10.1. The number of pyridine rings is 1. The Labute approximate surface area is 111 Å². The topological polar surface area (TPSA) is 48.4 Å². The van der Waals surface area contributed by atoms with Crippen molar-refractivity contribution in [1.82, 2.24) is 4.98 Å². The highest BCUT2D eigenvalue weighted by atomic mass is 16.5. The van der Waals surface area contributed by atoms with Crippen molar-refractivity contribution in [3.8, 4) is 5.75 Å². The number of nitrogens with zero attached hydrogens (tertiary/aromatic N) is 1. The van der Waals surface area contributed by atoms with Crippen molar-refractivity contribution in [2.75, 3.05) is 14.2 Å². The van der Waals surface area contributed by atoms with Crippen molar-refractivity contribution in [2.24, 2.45) is 0 Å². The maximum Gasteiger partial charge on any atom is 0.356 e. The quantitative estimate of drug-likeness (QED) is 0.793. The van der Waals surface area contributed by atoms with Crippen LogP contribution in [0.15, 0.2) is 24.3 Å². The van der Waals surface area contributed by atoms with E-state index in [1.807, 2.05) is 12.1 Å². The summed E-state index contributed by atoms with van der Waals surface area (Å²) in [6, 6.07) is 7.68. The standard InChI is InChI=1S/C15H15NO3/c1-18-13-8-12(15(17)19-2)16-14-10(9-6-7-9)4-3-5-11(13)14/h3-5,8-9H,6-7H2,1-2H3. The maximum atomic E-state index is 11.7. The summed E-state index contributed by atoms with van der Waals surface area (Å²) in [5.74, 6) is 0.785. The SMILES string of the molecule is COC(=O)c1cc(OC)c2cccc(C3CC3)c2n1. The monoisotopic (exact) mass is 257 g/mol. The summed E-state index contributed by atoms with van der Waals surface area (Å²) >= 11 is 0. The van der Waals surface area contributed by atoms with Gasteiger partial charge in [0.2, 0.25) is 0 Å². The number of hydrogen-bond donors (Lipinski definition) is 0. The summed E-state index contributed by atoms with van der Waals surface area (Å²) in [5, 5.41) is 0.944. The molecular formula is C15H15NO3. The third kappa shape index (κ3) is 2.03. The number of methoxy groups -OCH3 is 2. The van der Waals surface area contributed by atoms with Gasteiger partial charge in [0.15, 0.2) is 5.69 Å². The molecule has 0 saturated heterocycles. The molecule has 4 nitrogen and oxygen atoms in total. The summed E-state index contributed by atoms with van der Waals surface area (Å²) in [6.45, 7) is 0. The molecule has 1 heterocycles. The Hall–Kier alpha value is -2.10. The van der Waals surface area contributed by atoms with Crippen LogP contribution >= 0.6 is 0 Å². The number of rotatable bonds is 3. The van der Waals surface area contributed by atoms with Crippen molar-refractivity contribution < 1.29 is 14.3 Å². The van der Waals surface area contributed by atoms with E-state index in [4.69, 9.17) is 9.47 Å². The molecule has 0 unspecified atom stereocenters. The Morgan fingerprint density at radius 3 is 2.74 bits per heavy atom. The predicted molar refractivity (Wildman–Crippen MR) is 71.6 cm³/mol. The van der Waals surface area contributed by atoms with E-state index in [1.165, 1.54) is 25.5 Å². The highest BCUT2D eigenvalue weighted by molar-refractivity contribution is 5.95. The van der Waals surface area contributed by atoms with Crippen LogP contribution in [0.5, 0.6) is 5.75 Å². The zero-order valence-corrected chi connectivity index (χ0v) is 11.0. The fourth-order valence-electron chi connectivity index (χ4n) is 2.34. The van der Waals surface area contributed by atoms with Crippen molar-refractivity contribution >= 4 is 16.9 Å². The molecule has 0 spiro atoms. The van der Waals surface area contributed by atoms with Gasteiger partial charge in [-0.2, -0.15) is 0 Å². The lowest BCUT2D eigenvalue weighted by Crippen LogP contribution is -2.06. The van der Waals surface area contributed by atoms with E-state index >= 15 is 0 Å². The molecule has 1 aliphatic rings. The molecule has 19 heavy (non-hydrogen) atoms. The number of benzene rings is 1. The Balaban J connectivity index is 2.27. The van der Waals surface area contributed by atoms with Crippen LogP contribution in [0.3, 0.4) is 0 Å². The number of fused-ring (bicyclic) bond motifs is 1. The first kappa shape index (κ1) is 12.0. The molecule has 3 rings (SSSR count). The van der Waals surface area contributed by atoms with Gasteiger partial charge in [0.25, 0.3) is 0 Å². The lowest BCUT2D eigenvalue weighted by molar-refractivity contribution is 0.0594. The third-order valence-corrected chi connectivity index (χ3v) is 3.46. The molecule has 1 aromatic carbocycles. The molecule has 0 aliphatic heterocycles. The molecule has 4 heteroatoms. The van der Waals surface area contributed by atoms with E-state index in [9.17, 15) is 4.79 Å². The Morgan fingerprint density at radius 2 is 2.11 bits per heavy atom. The van der Waals surface area contributed by atoms with Crippen molar-refractivity contribution in [3.63, 3.8) is 0 Å². The summed E-state index contributed by atoms with van der Waals surface area (Å²) in [4.78, 5) is 16.1. The number of hydrogen-bond acceptors (Lipinski definition) is 4. The summed E-state index contributed by atoms with van der Waals surface area (Å²) in [5.41, 5.74) is 2.34. The van der Waals surface area contributed by atoms with Crippen LogP contribution in [-0.2, 0) is 4.74 Å². The molecule has 1 aromatic heterocycles. The van der Waals surface area contributed by atoms with Gasteiger partial charge < -0.3 is 9.47 Å². The Bertz CT molecular complexity index is 647. The fraction of sp³-hybridized carbons (Fsp3) is 0.333. The number of para-hydroxylation sites is 1. The molecule has 0 bridgehead atoms. The Morgan fingerprint density at radius 1 is 1.32 bits per heavy atom. The zero-order chi connectivity index (χ0) is 13.4. The highest BCUT2D eigenvalue weighted by Crippen LogP contribution is 2.43. The van der Waals surface area contributed by atoms with Gasteiger partial charge in [-0.3, -0.25) is 0 Å². The number of ether oxygens (including phenoxy) is 2. The molecule has 1 saturated carbocycles. The van der Waals surface area contributed by atoms with E-state index in [1.54, 1.807) is 13.2 Å². The minimum Gasteiger partial charge on any atom is -0.496 e. The van der Waals surface area contributed by atoms with Crippen molar-refractivity contribution in [3.05, 3.63) is 35.5 Å². The second kappa shape index (κ2) is 4.53. The molecule has 98 valence electrons. The number of carbonyl (C=O) groups excluding carboxylic acids is 1. The van der Waals surface area contributed by atoms with Crippen LogP contribution in [0, 0.1) is 0 Å². The van der Waals surface area contributed by atoms with Gasteiger partial charge in [0.1, 0.15) is 5.75 Å². The second-order valence-corrected chi connectivity index (χ2v) is 4.72. The third-order valence-electron chi connectivity index (χ3n) is 3.46. The van der Waals surface area contributed by atoms with Crippen LogP contribution in [0.25, 0.3) is 10.9 Å². The van der Waals surface area contributed by atoms with Crippen molar-refractivity contribution in [2.45, 2.75) is 18.8 Å². The highest BCUT2D eigenvalue weighted by Gasteiger charge is 2.27. The smallest absolute Gasteiger partial charge is 0.356 e. The van der Waals surface area contributed by atoms with E-state index in [0.29, 0.717) is 17.4 Å². The number of carbonyl (C=O) groups is 1. The average molecular weight is 257 g/mol. The minimum atomic E-state index is -0.439. The molecule has 2 aromatic rings. The number of aromatic nitrogens is 1. The van der Waals surface area contributed by atoms with Gasteiger partial charge in [-0.1, -0.05) is 12.1 Å². The largest absolute Gasteiger partial charge is 0.496 e. The summed E-state index contributed by atoms with van der Waals surface area (Å²) in [6.07, 6.45) is 2.37. The van der Waals surface area contributed by atoms with Crippen LogP contribution in [0.4, 0.5) is 0 Å². The molecule has 1 fully saturated rings. The van der Waals surface area contributed by atoms with E-state index in [2.05, 4.69) is 11.1 Å². The van der Waals surface area contributed by atoms with Crippen LogP contribution < -0.4 is 4.74 Å². The lowest BCUT2D eigenvalue weighted by Gasteiger charge is -2.10. The molecule has 0 amide bonds. The minimum absolute atomic E-state index is 0.292. The fourth-order valence-corrected chi connectivity index (χ4v) is 2.34. The number of esters is 1. The van der Waals surface area contributed by atoms with Gasteiger partial charge in [-0.15, -0.1) is 0 Å². The van der Waals surface area contributed by atoms with E-state index in [0.717, 1.165) is 10.9 Å². The molecule has 0 N–H and O–H groups in total. The first-order valence-corrected chi connectivity index (χ1v) is 6.30. The van der Waals surface area contributed by atoms with Gasteiger partial charge in [-0.05, 0) is 30.4 Å². The first-order valence-electron chi connectivity index (χ1n) is 6.30. The Kier molecular flexibility index (Phi) is 2.85. The van der Waals surface area contributed by atoms with Gasteiger partial charge in [0, 0.05) is 11.5 Å². The van der Waals surface area contributed by atoms with Gasteiger partial charge >= 0.3 is 5.97 Å². The van der Waals surface area contributed by atoms with Crippen LogP contribution in [0.2, 0.25) is 0 Å². The van der Waals surface area contributed by atoms with Crippen molar-refractivity contribution in [1.29, 1.82) is 0 Å². The molecule has 1 aliphatic carbocycles. The molecule has 0 radical (unpaired) electrons. The van der Waals surface area contributed by atoms with E-state index < -0.39 is 5.97 Å². The summed E-state index contributed by atoms with van der Waals surface area (Å²) in [7, 11) is 2.95. The van der Waals surface area contributed by atoms with Crippen LogP contribution in [0.1, 0.15) is 34.8 Å². The van der Waals surface area contributed by atoms with E-state index in [-0.39, 0.29) is 0 Å². The normalized spacial score (nSPS) is 14.4.